The molecule has 1 atom stereocenters. The summed E-state index contributed by atoms with van der Waals surface area (Å²) in [7, 11) is 1.79. The zero-order chi connectivity index (χ0) is 13.1. The number of aromatic nitrogens is 1. The molecule has 1 aromatic heterocycles. The van der Waals surface area contributed by atoms with Gasteiger partial charge in [0.2, 0.25) is 0 Å². The van der Waals surface area contributed by atoms with Crippen LogP contribution in [0, 0.1) is 5.82 Å². The van der Waals surface area contributed by atoms with Gasteiger partial charge in [0, 0.05) is 20.7 Å². The van der Waals surface area contributed by atoms with Crippen LogP contribution in [0.4, 0.5) is 4.39 Å². The molecule has 0 aliphatic heterocycles. The molecule has 0 spiro atoms. The lowest BCUT2D eigenvalue weighted by Crippen LogP contribution is -2.20. The number of nitrogens with one attached hydrogen (secondary N) is 1. The van der Waals surface area contributed by atoms with Crippen LogP contribution >= 0.6 is 31.9 Å². The van der Waals surface area contributed by atoms with Crippen LogP contribution in [-0.2, 0) is 0 Å². The van der Waals surface area contributed by atoms with E-state index in [-0.39, 0.29) is 11.9 Å². The second kappa shape index (κ2) is 5.91. The molecular formula is C13H11Br2FN2. The third kappa shape index (κ3) is 2.96. The monoisotopic (exact) mass is 372 g/mol. The highest BCUT2D eigenvalue weighted by atomic mass is 79.9. The highest BCUT2D eigenvalue weighted by Crippen LogP contribution is 2.26. The van der Waals surface area contributed by atoms with E-state index < -0.39 is 0 Å². The second-order valence-electron chi connectivity index (χ2n) is 3.79. The van der Waals surface area contributed by atoms with Gasteiger partial charge < -0.3 is 5.32 Å². The molecule has 0 saturated heterocycles. The topological polar surface area (TPSA) is 24.9 Å². The molecule has 5 heteroatoms. The standard InChI is InChI=1S/C13H11Br2FN2/c1-17-13(12-5-3-9(15)7-18-12)10-6-8(14)2-4-11(10)16/h2-7,13,17H,1H3. The molecule has 2 aromatic rings. The van der Waals surface area contributed by atoms with Gasteiger partial charge in [-0.2, -0.15) is 0 Å². The van der Waals surface area contributed by atoms with E-state index in [0.29, 0.717) is 5.56 Å². The maximum Gasteiger partial charge on any atom is 0.128 e. The zero-order valence-electron chi connectivity index (χ0n) is 9.62. The summed E-state index contributed by atoms with van der Waals surface area (Å²) in [6.45, 7) is 0. The van der Waals surface area contributed by atoms with Crippen LogP contribution < -0.4 is 5.32 Å². The summed E-state index contributed by atoms with van der Waals surface area (Å²) in [5, 5.41) is 3.08. The Hall–Kier alpha value is -0.780. The number of hydrogen-bond donors (Lipinski definition) is 1. The first-order valence-electron chi connectivity index (χ1n) is 5.35. The van der Waals surface area contributed by atoms with Crippen LogP contribution in [0.3, 0.4) is 0 Å². The Balaban J connectivity index is 2.44. The van der Waals surface area contributed by atoms with Gasteiger partial charge in [0.05, 0.1) is 11.7 Å². The summed E-state index contributed by atoms with van der Waals surface area (Å²) in [5.74, 6) is -0.248. The van der Waals surface area contributed by atoms with Crippen molar-refractivity contribution < 1.29 is 4.39 Å². The van der Waals surface area contributed by atoms with Crippen LogP contribution in [0.5, 0.6) is 0 Å². The first-order valence-corrected chi connectivity index (χ1v) is 6.94. The van der Waals surface area contributed by atoms with Crippen molar-refractivity contribution in [2.45, 2.75) is 6.04 Å². The molecule has 1 N–H and O–H groups in total. The van der Waals surface area contributed by atoms with Gasteiger partial charge in [-0.05, 0) is 53.3 Å². The highest BCUT2D eigenvalue weighted by molar-refractivity contribution is 9.10. The third-order valence-corrected chi connectivity index (χ3v) is 3.57. The average Bonchev–Trinajstić information content (AvgIpc) is 2.37. The minimum Gasteiger partial charge on any atom is -0.308 e. The van der Waals surface area contributed by atoms with E-state index in [9.17, 15) is 4.39 Å². The Morgan fingerprint density at radius 3 is 2.50 bits per heavy atom. The van der Waals surface area contributed by atoms with Crippen molar-refractivity contribution in [2.75, 3.05) is 7.05 Å². The van der Waals surface area contributed by atoms with Gasteiger partial charge >= 0.3 is 0 Å². The molecule has 1 unspecified atom stereocenters. The fourth-order valence-corrected chi connectivity index (χ4v) is 2.37. The van der Waals surface area contributed by atoms with E-state index in [1.54, 1.807) is 25.4 Å². The Morgan fingerprint density at radius 1 is 1.17 bits per heavy atom. The van der Waals surface area contributed by atoms with Crippen molar-refractivity contribution >= 4 is 31.9 Å². The fourth-order valence-electron chi connectivity index (χ4n) is 1.76. The summed E-state index contributed by atoms with van der Waals surface area (Å²) >= 11 is 6.69. The van der Waals surface area contributed by atoms with E-state index in [1.165, 1.54) is 6.07 Å². The molecule has 0 saturated carbocycles. The van der Waals surface area contributed by atoms with Crippen molar-refractivity contribution in [1.29, 1.82) is 0 Å². The maximum absolute atomic E-state index is 13.9. The number of hydrogen-bond acceptors (Lipinski definition) is 2. The zero-order valence-corrected chi connectivity index (χ0v) is 12.8. The van der Waals surface area contributed by atoms with Crippen molar-refractivity contribution in [1.82, 2.24) is 10.3 Å². The van der Waals surface area contributed by atoms with E-state index in [0.717, 1.165) is 14.6 Å². The molecule has 1 heterocycles. The lowest BCUT2D eigenvalue weighted by molar-refractivity contribution is 0.570. The number of nitrogens with zero attached hydrogens (tertiary/aromatic N) is 1. The summed E-state index contributed by atoms with van der Waals surface area (Å²) in [6, 6.07) is 8.38. The van der Waals surface area contributed by atoms with Crippen LogP contribution in [0.1, 0.15) is 17.3 Å². The average molecular weight is 374 g/mol. The lowest BCUT2D eigenvalue weighted by atomic mass is 10.0. The largest absolute Gasteiger partial charge is 0.308 e. The molecule has 0 aliphatic rings. The molecule has 0 amide bonds. The molecule has 1 aromatic carbocycles. The van der Waals surface area contributed by atoms with Gasteiger partial charge in [-0.25, -0.2) is 4.39 Å². The van der Waals surface area contributed by atoms with E-state index in [4.69, 9.17) is 0 Å². The van der Waals surface area contributed by atoms with Crippen LogP contribution in [0.25, 0.3) is 0 Å². The first kappa shape index (κ1) is 13.6. The van der Waals surface area contributed by atoms with Gasteiger partial charge in [-0.15, -0.1) is 0 Å². The van der Waals surface area contributed by atoms with Crippen LogP contribution in [0.15, 0.2) is 45.5 Å². The number of benzene rings is 1. The minimum absolute atomic E-state index is 0.248. The summed E-state index contributed by atoms with van der Waals surface area (Å²) in [5.41, 5.74) is 1.35. The first-order chi connectivity index (χ1) is 8.61. The Kier molecular flexibility index (Phi) is 4.48. The van der Waals surface area contributed by atoms with Crippen molar-refractivity contribution in [3.05, 3.63) is 62.5 Å². The summed E-state index contributed by atoms with van der Waals surface area (Å²) < 4.78 is 15.6. The smallest absolute Gasteiger partial charge is 0.128 e. The molecule has 0 bridgehead atoms. The molecule has 0 radical (unpaired) electrons. The van der Waals surface area contributed by atoms with Crippen molar-refractivity contribution in [3.63, 3.8) is 0 Å². The van der Waals surface area contributed by atoms with Gasteiger partial charge in [-0.3, -0.25) is 4.98 Å². The molecule has 0 aliphatic carbocycles. The van der Waals surface area contributed by atoms with E-state index >= 15 is 0 Å². The van der Waals surface area contributed by atoms with E-state index in [1.807, 2.05) is 12.1 Å². The predicted molar refractivity (Wildman–Crippen MR) is 76.9 cm³/mol. The molecular weight excluding hydrogens is 363 g/mol. The molecule has 2 rings (SSSR count). The SMILES string of the molecule is CNC(c1ccc(Br)cn1)c1cc(Br)ccc1F. The number of halogens is 3. The summed E-state index contributed by atoms with van der Waals surface area (Å²) in [6.07, 6.45) is 1.70. The quantitative estimate of drug-likeness (QED) is 0.877. The van der Waals surface area contributed by atoms with Crippen LogP contribution in [-0.4, -0.2) is 12.0 Å². The van der Waals surface area contributed by atoms with Gasteiger partial charge in [0.1, 0.15) is 5.82 Å². The van der Waals surface area contributed by atoms with Gasteiger partial charge in [-0.1, -0.05) is 15.9 Å². The van der Waals surface area contributed by atoms with Crippen molar-refractivity contribution in [2.24, 2.45) is 0 Å². The Labute approximate surface area is 122 Å². The molecule has 0 fully saturated rings. The number of rotatable bonds is 3. The molecule has 94 valence electrons. The van der Waals surface area contributed by atoms with E-state index in [2.05, 4.69) is 42.2 Å². The molecule has 2 nitrogen and oxygen atoms in total. The van der Waals surface area contributed by atoms with Crippen molar-refractivity contribution in [3.8, 4) is 0 Å². The highest BCUT2D eigenvalue weighted by Gasteiger charge is 2.17. The molecule has 18 heavy (non-hydrogen) atoms. The number of pyridine rings is 1. The minimum atomic E-state index is -0.268. The third-order valence-electron chi connectivity index (χ3n) is 2.60. The lowest BCUT2D eigenvalue weighted by Gasteiger charge is -2.17. The van der Waals surface area contributed by atoms with Gasteiger partial charge in [0.15, 0.2) is 0 Å². The van der Waals surface area contributed by atoms with Gasteiger partial charge in [0.25, 0.3) is 0 Å². The van der Waals surface area contributed by atoms with Crippen LogP contribution in [0.2, 0.25) is 0 Å². The Morgan fingerprint density at radius 2 is 1.89 bits per heavy atom. The normalized spacial score (nSPS) is 12.4. The summed E-state index contributed by atoms with van der Waals surface area (Å²) in [4.78, 5) is 4.31. The second-order valence-corrected chi connectivity index (χ2v) is 5.62. The Bertz CT molecular complexity index is 543. The fraction of sp³-hybridized carbons (Fsp3) is 0.154. The maximum atomic E-state index is 13.9. The predicted octanol–water partition coefficient (Wildman–Crippen LogP) is 4.05.